The van der Waals surface area contributed by atoms with E-state index in [4.69, 9.17) is 0 Å². The van der Waals surface area contributed by atoms with E-state index >= 15 is 0 Å². The number of likely N-dealkylation sites (N-methyl/N-ethyl adjacent to an activating group) is 1. The van der Waals surface area contributed by atoms with Crippen LogP contribution in [0, 0.1) is 5.82 Å². The van der Waals surface area contributed by atoms with Gasteiger partial charge < -0.3 is 9.80 Å². The third kappa shape index (κ3) is 2.46. The van der Waals surface area contributed by atoms with E-state index in [-0.39, 0.29) is 5.82 Å². The molecule has 0 radical (unpaired) electrons. The van der Waals surface area contributed by atoms with Gasteiger partial charge in [-0.1, -0.05) is 13.8 Å². The summed E-state index contributed by atoms with van der Waals surface area (Å²) >= 11 is 0. The lowest BCUT2D eigenvalue weighted by atomic mass is 10.2. The van der Waals surface area contributed by atoms with Gasteiger partial charge in [0.1, 0.15) is 6.33 Å². The lowest BCUT2D eigenvalue weighted by Gasteiger charge is -2.23. The summed E-state index contributed by atoms with van der Waals surface area (Å²) in [6, 6.07) is 0.495. The Hall–Kier alpha value is -1.23. The first-order valence-corrected chi connectivity index (χ1v) is 6.61. The Morgan fingerprint density at radius 3 is 2.89 bits per heavy atom. The number of halogens is 1. The molecule has 4 nitrogen and oxygen atoms in total. The molecule has 1 aliphatic rings. The number of aryl methyl sites for hydroxylation is 1. The number of anilines is 1. The van der Waals surface area contributed by atoms with Crippen LogP contribution in [0.15, 0.2) is 6.33 Å². The highest BCUT2D eigenvalue weighted by Crippen LogP contribution is 2.24. The van der Waals surface area contributed by atoms with Gasteiger partial charge in [-0.05, 0) is 26.4 Å². The molecule has 0 spiro atoms. The molecule has 1 saturated heterocycles. The molecule has 5 heteroatoms. The minimum atomic E-state index is -0.250. The molecule has 0 aliphatic carbocycles. The van der Waals surface area contributed by atoms with E-state index in [0.717, 1.165) is 26.1 Å². The number of aromatic nitrogens is 2. The second kappa shape index (κ2) is 5.61. The van der Waals surface area contributed by atoms with Crippen LogP contribution >= 0.6 is 0 Å². The second-order valence-electron chi connectivity index (χ2n) is 4.77. The molecular formula is C13H21FN4. The van der Waals surface area contributed by atoms with Gasteiger partial charge in [-0.2, -0.15) is 0 Å². The summed E-state index contributed by atoms with van der Waals surface area (Å²) < 4.78 is 14.2. The Morgan fingerprint density at radius 1 is 1.44 bits per heavy atom. The summed E-state index contributed by atoms with van der Waals surface area (Å²) in [6.07, 6.45) is 3.14. The van der Waals surface area contributed by atoms with Crippen molar-refractivity contribution in [2.45, 2.75) is 32.7 Å². The van der Waals surface area contributed by atoms with Crippen molar-refractivity contribution in [2.24, 2.45) is 0 Å². The molecule has 0 saturated carbocycles. The number of hydrogen-bond acceptors (Lipinski definition) is 4. The maximum absolute atomic E-state index is 14.2. The first-order chi connectivity index (χ1) is 8.67. The van der Waals surface area contributed by atoms with Gasteiger partial charge in [0.05, 0.1) is 5.69 Å². The number of rotatable bonds is 4. The summed E-state index contributed by atoms with van der Waals surface area (Å²) in [7, 11) is 2.11. The van der Waals surface area contributed by atoms with Crippen molar-refractivity contribution in [3.05, 3.63) is 17.8 Å². The lowest BCUT2D eigenvalue weighted by Crippen LogP contribution is -2.34. The zero-order valence-electron chi connectivity index (χ0n) is 11.4. The smallest absolute Gasteiger partial charge is 0.187 e. The van der Waals surface area contributed by atoms with Gasteiger partial charge in [-0.3, -0.25) is 0 Å². The van der Waals surface area contributed by atoms with Crippen LogP contribution in [0.25, 0.3) is 0 Å². The molecule has 18 heavy (non-hydrogen) atoms. The molecule has 1 aliphatic heterocycles. The van der Waals surface area contributed by atoms with Gasteiger partial charge in [-0.25, -0.2) is 14.4 Å². The number of nitrogens with zero attached hydrogens (tertiary/aromatic N) is 4. The lowest BCUT2D eigenvalue weighted by molar-refractivity contribution is 0.272. The normalized spacial score (nSPS) is 19.8. The molecule has 2 rings (SSSR count). The Labute approximate surface area is 108 Å². The van der Waals surface area contributed by atoms with Gasteiger partial charge in [-0.15, -0.1) is 0 Å². The maximum Gasteiger partial charge on any atom is 0.187 e. The van der Waals surface area contributed by atoms with Gasteiger partial charge in [0, 0.05) is 19.1 Å². The Balaban J connectivity index is 2.14. The summed E-state index contributed by atoms with van der Waals surface area (Å²) in [4.78, 5) is 12.4. The van der Waals surface area contributed by atoms with E-state index in [0.29, 0.717) is 24.0 Å². The molecule has 0 aromatic carbocycles. The van der Waals surface area contributed by atoms with Crippen LogP contribution in [-0.4, -0.2) is 47.6 Å². The van der Waals surface area contributed by atoms with Gasteiger partial charge in [0.15, 0.2) is 11.6 Å². The van der Waals surface area contributed by atoms with E-state index in [2.05, 4.69) is 28.8 Å². The van der Waals surface area contributed by atoms with Crippen LogP contribution in [0.5, 0.6) is 0 Å². The van der Waals surface area contributed by atoms with Gasteiger partial charge in [0.25, 0.3) is 0 Å². The van der Waals surface area contributed by atoms with Crippen molar-refractivity contribution in [3.8, 4) is 0 Å². The Kier molecular flexibility index (Phi) is 4.11. The number of hydrogen-bond donors (Lipinski definition) is 0. The van der Waals surface area contributed by atoms with E-state index < -0.39 is 0 Å². The van der Waals surface area contributed by atoms with Crippen molar-refractivity contribution < 1.29 is 4.39 Å². The largest absolute Gasteiger partial charge is 0.352 e. The minimum absolute atomic E-state index is 0.250. The van der Waals surface area contributed by atoms with Crippen molar-refractivity contribution >= 4 is 5.82 Å². The molecule has 1 atom stereocenters. The Bertz CT molecular complexity index is 410. The van der Waals surface area contributed by atoms with Crippen molar-refractivity contribution in [2.75, 3.05) is 31.6 Å². The van der Waals surface area contributed by atoms with Gasteiger partial charge >= 0.3 is 0 Å². The molecule has 0 bridgehead atoms. The average molecular weight is 252 g/mol. The minimum Gasteiger partial charge on any atom is -0.352 e. The van der Waals surface area contributed by atoms with Crippen LogP contribution < -0.4 is 4.90 Å². The standard InChI is InChI=1S/C13H21FN4/c1-4-11-12(14)13(16-9-15-11)18-7-6-10(8-18)17(3)5-2/h9-10H,4-8H2,1-3H3. The van der Waals surface area contributed by atoms with E-state index in [9.17, 15) is 4.39 Å². The zero-order chi connectivity index (χ0) is 13.1. The van der Waals surface area contributed by atoms with Crippen molar-refractivity contribution in [3.63, 3.8) is 0 Å². The third-order valence-electron chi connectivity index (χ3n) is 3.76. The summed E-state index contributed by atoms with van der Waals surface area (Å²) in [5.74, 6) is 0.216. The first-order valence-electron chi connectivity index (χ1n) is 6.61. The third-order valence-corrected chi connectivity index (χ3v) is 3.76. The van der Waals surface area contributed by atoms with E-state index in [1.54, 1.807) is 0 Å². The maximum atomic E-state index is 14.2. The molecule has 0 amide bonds. The quantitative estimate of drug-likeness (QED) is 0.816. The molecule has 1 unspecified atom stereocenters. The van der Waals surface area contributed by atoms with Crippen LogP contribution in [0.3, 0.4) is 0 Å². The van der Waals surface area contributed by atoms with Crippen LogP contribution in [0.4, 0.5) is 10.2 Å². The predicted molar refractivity (Wildman–Crippen MR) is 70.3 cm³/mol. The van der Waals surface area contributed by atoms with Crippen LogP contribution in [0.1, 0.15) is 26.0 Å². The molecule has 1 aromatic rings. The highest BCUT2D eigenvalue weighted by molar-refractivity contribution is 5.42. The van der Waals surface area contributed by atoms with Crippen LogP contribution in [-0.2, 0) is 6.42 Å². The average Bonchev–Trinajstić information content (AvgIpc) is 2.87. The molecular weight excluding hydrogens is 231 g/mol. The predicted octanol–water partition coefficient (Wildman–Crippen LogP) is 1.71. The molecule has 2 heterocycles. The van der Waals surface area contributed by atoms with Crippen molar-refractivity contribution in [1.82, 2.24) is 14.9 Å². The summed E-state index contributed by atoms with van der Waals surface area (Å²) in [6.45, 7) is 6.79. The summed E-state index contributed by atoms with van der Waals surface area (Å²) in [5.41, 5.74) is 0.507. The summed E-state index contributed by atoms with van der Waals surface area (Å²) in [5, 5.41) is 0. The zero-order valence-corrected chi connectivity index (χ0v) is 11.4. The first kappa shape index (κ1) is 13.2. The van der Waals surface area contributed by atoms with Crippen LogP contribution in [0.2, 0.25) is 0 Å². The SMILES string of the molecule is CCc1ncnc(N2CCC(N(C)CC)C2)c1F. The highest BCUT2D eigenvalue weighted by Gasteiger charge is 2.28. The van der Waals surface area contributed by atoms with Crippen molar-refractivity contribution in [1.29, 1.82) is 0 Å². The van der Waals surface area contributed by atoms with E-state index in [1.165, 1.54) is 6.33 Å². The molecule has 1 aromatic heterocycles. The second-order valence-corrected chi connectivity index (χ2v) is 4.77. The Morgan fingerprint density at radius 2 is 2.22 bits per heavy atom. The fourth-order valence-electron chi connectivity index (χ4n) is 2.41. The fourth-order valence-corrected chi connectivity index (χ4v) is 2.41. The van der Waals surface area contributed by atoms with Gasteiger partial charge in [0.2, 0.25) is 0 Å². The molecule has 1 fully saturated rings. The molecule has 100 valence electrons. The monoisotopic (exact) mass is 252 g/mol. The van der Waals surface area contributed by atoms with E-state index in [1.807, 2.05) is 11.8 Å². The fraction of sp³-hybridized carbons (Fsp3) is 0.692. The topological polar surface area (TPSA) is 32.3 Å². The highest BCUT2D eigenvalue weighted by atomic mass is 19.1. The molecule has 0 N–H and O–H groups in total.